The minimum atomic E-state index is 0.710. The maximum atomic E-state index is 9.05. The van der Waals surface area contributed by atoms with E-state index in [1.54, 1.807) is 7.11 Å². The lowest BCUT2D eigenvalue weighted by molar-refractivity contribution is 0.245. The van der Waals surface area contributed by atoms with Crippen molar-refractivity contribution < 1.29 is 9.47 Å². The van der Waals surface area contributed by atoms with Crippen molar-refractivity contribution >= 4 is 0 Å². The molecule has 1 aliphatic heterocycles. The zero-order valence-electron chi connectivity index (χ0n) is 15.9. The van der Waals surface area contributed by atoms with Gasteiger partial charge < -0.3 is 9.47 Å². The smallest absolute Gasteiger partial charge is 0.169 e. The van der Waals surface area contributed by atoms with Crippen LogP contribution in [0.1, 0.15) is 22.3 Å². The molecule has 4 heteroatoms. The summed E-state index contributed by atoms with van der Waals surface area (Å²) in [5.41, 5.74) is 4.62. The van der Waals surface area contributed by atoms with Gasteiger partial charge in [-0.2, -0.15) is 5.26 Å². The summed E-state index contributed by atoms with van der Waals surface area (Å²) >= 11 is 0. The second-order valence-corrected chi connectivity index (χ2v) is 6.95. The quantitative estimate of drug-likeness (QED) is 0.640. The van der Waals surface area contributed by atoms with Crippen LogP contribution in [0, 0.1) is 11.3 Å². The topological polar surface area (TPSA) is 45.5 Å². The summed E-state index contributed by atoms with van der Waals surface area (Å²) in [6, 6.07) is 24.1. The summed E-state index contributed by atoms with van der Waals surface area (Å²) in [4.78, 5) is 2.43. The molecule has 4 nitrogen and oxygen atoms in total. The van der Waals surface area contributed by atoms with Crippen molar-refractivity contribution in [2.75, 3.05) is 13.7 Å². The maximum absolute atomic E-state index is 9.05. The van der Waals surface area contributed by atoms with E-state index >= 15 is 0 Å². The minimum absolute atomic E-state index is 0.710. The molecule has 0 saturated heterocycles. The molecule has 4 rings (SSSR count). The van der Waals surface area contributed by atoms with Gasteiger partial charge in [-0.25, -0.2) is 0 Å². The van der Waals surface area contributed by atoms with Crippen molar-refractivity contribution in [2.24, 2.45) is 0 Å². The lowest BCUT2D eigenvalue weighted by Gasteiger charge is -2.29. The predicted molar refractivity (Wildman–Crippen MR) is 108 cm³/mol. The van der Waals surface area contributed by atoms with Crippen molar-refractivity contribution in [1.82, 2.24) is 4.90 Å². The molecule has 0 unspecified atom stereocenters. The largest absolute Gasteiger partial charge is 0.493 e. The first-order valence-corrected chi connectivity index (χ1v) is 9.39. The standard InChI is InChI=1S/C24H22N2O2/c1-27-23-4-2-3-5-24(23)28-22-10-7-18(8-11-22)16-26-13-12-20-14-19(15-25)6-9-21(20)17-26/h2-11,14H,12-13,16-17H2,1H3. The molecule has 1 aliphatic rings. The highest BCUT2D eigenvalue weighted by atomic mass is 16.5. The van der Waals surface area contributed by atoms with E-state index in [0.29, 0.717) is 5.75 Å². The number of hydrogen-bond donors (Lipinski definition) is 0. The molecule has 0 spiro atoms. The fraction of sp³-hybridized carbons (Fsp3) is 0.208. The van der Waals surface area contributed by atoms with Gasteiger partial charge in [-0.1, -0.05) is 30.3 Å². The molecular weight excluding hydrogens is 348 g/mol. The van der Waals surface area contributed by atoms with Gasteiger partial charge in [-0.05, 0) is 59.5 Å². The van der Waals surface area contributed by atoms with Crippen molar-refractivity contribution in [3.05, 3.63) is 89.0 Å². The molecule has 0 N–H and O–H groups in total. The van der Waals surface area contributed by atoms with Crippen LogP contribution in [-0.2, 0) is 19.5 Å². The van der Waals surface area contributed by atoms with Crippen molar-refractivity contribution in [3.8, 4) is 23.3 Å². The van der Waals surface area contributed by atoms with Gasteiger partial charge in [0, 0.05) is 19.6 Å². The van der Waals surface area contributed by atoms with Crippen molar-refractivity contribution in [2.45, 2.75) is 19.5 Å². The summed E-state index contributed by atoms with van der Waals surface area (Å²) < 4.78 is 11.3. The number of methoxy groups -OCH3 is 1. The number of fused-ring (bicyclic) bond motifs is 1. The van der Waals surface area contributed by atoms with Crippen LogP contribution >= 0.6 is 0 Å². The Hall–Kier alpha value is -3.29. The highest BCUT2D eigenvalue weighted by Gasteiger charge is 2.16. The molecule has 0 amide bonds. The number of hydrogen-bond acceptors (Lipinski definition) is 4. The Morgan fingerprint density at radius 3 is 2.50 bits per heavy atom. The molecule has 3 aromatic rings. The Kier molecular flexibility index (Phi) is 5.27. The van der Waals surface area contributed by atoms with Gasteiger partial charge in [-0.15, -0.1) is 0 Å². The van der Waals surface area contributed by atoms with Crippen LogP contribution in [0.15, 0.2) is 66.7 Å². The molecule has 140 valence electrons. The second-order valence-electron chi connectivity index (χ2n) is 6.95. The first-order valence-electron chi connectivity index (χ1n) is 9.39. The van der Waals surface area contributed by atoms with E-state index in [1.165, 1.54) is 16.7 Å². The predicted octanol–water partition coefficient (Wildman–Crippen LogP) is 4.92. The van der Waals surface area contributed by atoms with E-state index in [9.17, 15) is 0 Å². The number of ether oxygens (including phenoxy) is 2. The summed E-state index contributed by atoms with van der Waals surface area (Å²) in [6.07, 6.45) is 0.986. The molecule has 0 saturated carbocycles. The van der Waals surface area contributed by atoms with E-state index < -0.39 is 0 Å². The molecule has 0 aliphatic carbocycles. The monoisotopic (exact) mass is 370 g/mol. The van der Waals surface area contributed by atoms with Gasteiger partial charge in [0.2, 0.25) is 0 Å². The molecule has 0 aromatic heterocycles. The lowest BCUT2D eigenvalue weighted by atomic mass is 9.97. The van der Waals surface area contributed by atoms with E-state index in [0.717, 1.165) is 43.1 Å². The molecule has 0 bridgehead atoms. The Morgan fingerprint density at radius 2 is 1.75 bits per heavy atom. The van der Waals surface area contributed by atoms with Crippen LogP contribution in [0.5, 0.6) is 17.2 Å². The van der Waals surface area contributed by atoms with Crippen LogP contribution in [0.3, 0.4) is 0 Å². The Bertz CT molecular complexity index is 1010. The zero-order valence-corrected chi connectivity index (χ0v) is 15.9. The van der Waals surface area contributed by atoms with Gasteiger partial charge in [0.1, 0.15) is 5.75 Å². The van der Waals surface area contributed by atoms with Crippen LogP contribution in [-0.4, -0.2) is 18.6 Å². The summed E-state index contributed by atoms with van der Waals surface area (Å²) in [5, 5.41) is 9.05. The van der Waals surface area contributed by atoms with Crippen LogP contribution in [0.2, 0.25) is 0 Å². The molecule has 0 radical (unpaired) electrons. The number of nitrogens with zero attached hydrogens (tertiary/aromatic N) is 2. The number of para-hydroxylation sites is 2. The summed E-state index contributed by atoms with van der Waals surface area (Å²) in [6.45, 7) is 2.82. The number of rotatable bonds is 5. The van der Waals surface area contributed by atoms with Crippen molar-refractivity contribution in [1.29, 1.82) is 5.26 Å². The van der Waals surface area contributed by atoms with E-state index in [-0.39, 0.29) is 0 Å². The Morgan fingerprint density at radius 1 is 0.964 bits per heavy atom. The molecule has 28 heavy (non-hydrogen) atoms. The average Bonchev–Trinajstić information content (AvgIpc) is 2.75. The Labute approximate surface area is 165 Å². The highest BCUT2D eigenvalue weighted by molar-refractivity contribution is 5.43. The summed E-state index contributed by atoms with van der Waals surface area (Å²) in [5.74, 6) is 2.22. The van der Waals surface area contributed by atoms with E-state index in [1.807, 2.05) is 48.5 Å². The van der Waals surface area contributed by atoms with E-state index in [4.69, 9.17) is 14.7 Å². The third-order valence-electron chi connectivity index (χ3n) is 5.05. The highest BCUT2D eigenvalue weighted by Crippen LogP contribution is 2.31. The van der Waals surface area contributed by atoms with Gasteiger partial charge >= 0.3 is 0 Å². The van der Waals surface area contributed by atoms with Crippen LogP contribution in [0.4, 0.5) is 0 Å². The Balaban J connectivity index is 1.40. The molecular formula is C24H22N2O2. The van der Waals surface area contributed by atoms with Crippen LogP contribution < -0.4 is 9.47 Å². The molecule has 1 heterocycles. The SMILES string of the molecule is COc1ccccc1Oc1ccc(CN2CCc3cc(C#N)ccc3C2)cc1. The number of nitriles is 1. The third-order valence-corrected chi connectivity index (χ3v) is 5.05. The van der Waals surface area contributed by atoms with E-state index in [2.05, 4.69) is 29.2 Å². The molecule has 0 fully saturated rings. The van der Waals surface area contributed by atoms with Gasteiger partial charge in [-0.3, -0.25) is 4.90 Å². The fourth-order valence-electron chi connectivity index (χ4n) is 3.57. The normalized spacial score (nSPS) is 13.4. The molecule has 3 aromatic carbocycles. The van der Waals surface area contributed by atoms with Gasteiger partial charge in [0.25, 0.3) is 0 Å². The first kappa shape index (κ1) is 18.1. The second kappa shape index (κ2) is 8.16. The fourth-order valence-corrected chi connectivity index (χ4v) is 3.57. The van der Waals surface area contributed by atoms with Gasteiger partial charge in [0.15, 0.2) is 11.5 Å². The summed E-state index contributed by atoms with van der Waals surface area (Å²) in [7, 11) is 1.64. The molecule has 0 atom stereocenters. The number of benzene rings is 3. The average molecular weight is 370 g/mol. The van der Waals surface area contributed by atoms with Crippen molar-refractivity contribution in [3.63, 3.8) is 0 Å². The minimum Gasteiger partial charge on any atom is -0.493 e. The zero-order chi connectivity index (χ0) is 19.3. The maximum Gasteiger partial charge on any atom is 0.169 e. The lowest BCUT2D eigenvalue weighted by Crippen LogP contribution is -2.30. The van der Waals surface area contributed by atoms with Crippen LogP contribution in [0.25, 0.3) is 0 Å². The first-order chi connectivity index (χ1) is 13.7. The third kappa shape index (κ3) is 4.00. The van der Waals surface area contributed by atoms with Gasteiger partial charge in [0.05, 0.1) is 18.7 Å².